The van der Waals surface area contributed by atoms with Crippen molar-refractivity contribution in [3.8, 4) is 0 Å². The highest BCUT2D eigenvalue weighted by Gasteiger charge is 2.34. The Labute approximate surface area is 114 Å². The van der Waals surface area contributed by atoms with E-state index in [9.17, 15) is 13.2 Å². The van der Waals surface area contributed by atoms with E-state index in [1.807, 2.05) is 11.6 Å². The molecule has 0 aromatic heterocycles. The van der Waals surface area contributed by atoms with Crippen LogP contribution in [0.3, 0.4) is 0 Å². The molecule has 0 unspecified atom stereocenters. The summed E-state index contributed by atoms with van der Waals surface area (Å²) >= 11 is 0. The third-order valence-electron chi connectivity index (χ3n) is 3.32. The molecule has 0 saturated carbocycles. The van der Waals surface area contributed by atoms with Gasteiger partial charge in [-0.1, -0.05) is 6.92 Å². The van der Waals surface area contributed by atoms with Crippen LogP contribution >= 0.6 is 0 Å². The number of carbonyl (C=O) groups excluding carboxylic acids is 1. The van der Waals surface area contributed by atoms with E-state index < -0.39 is 16.3 Å². The van der Waals surface area contributed by atoms with E-state index in [0.29, 0.717) is 32.5 Å². The molecule has 7 nitrogen and oxygen atoms in total. The minimum atomic E-state index is -3.82. The Bertz CT molecular complexity index is 414. The number of ether oxygens (including phenoxy) is 1. The smallest absolute Gasteiger partial charge is 0.422 e. The first kappa shape index (κ1) is 16.2. The first-order valence-corrected chi connectivity index (χ1v) is 7.81. The van der Waals surface area contributed by atoms with Crippen molar-refractivity contribution in [2.75, 3.05) is 19.6 Å². The number of piperidine rings is 1. The molecule has 0 radical (unpaired) electrons. The topological polar surface area (TPSA) is 102 Å². The predicted molar refractivity (Wildman–Crippen MR) is 71.6 cm³/mol. The molecule has 1 aliphatic heterocycles. The van der Waals surface area contributed by atoms with Crippen molar-refractivity contribution in [3.05, 3.63) is 0 Å². The zero-order chi connectivity index (χ0) is 14.7. The number of nitrogens with one attached hydrogen (secondary N) is 1. The van der Waals surface area contributed by atoms with E-state index in [2.05, 4.69) is 0 Å². The van der Waals surface area contributed by atoms with E-state index in [-0.39, 0.29) is 11.5 Å². The number of rotatable bonds is 4. The minimum absolute atomic E-state index is 0.0234. The molecule has 0 bridgehead atoms. The van der Waals surface area contributed by atoms with Gasteiger partial charge in [0.25, 0.3) is 0 Å². The van der Waals surface area contributed by atoms with Crippen LogP contribution in [0.2, 0.25) is 0 Å². The lowest BCUT2D eigenvalue weighted by molar-refractivity contribution is 0.120. The third kappa shape index (κ3) is 4.63. The average Bonchev–Trinajstić information content (AvgIpc) is 2.27. The molecule has 112 valence electrons. The molecule has 1 heterocycles. The Balaban J connectivity index is 2.58. The van der Waals surface area contributed by atoms with Gasteiger partial charge in [0.1, 0.15) is 0 Å². The molecular weight excluding hydrogens is 270 g/mol. The molecule has 0 aromatic rings. The SMILES string of the molecule is CC(C)OC(=O)NS(=O)(=O)N1CCC(C)(CN)CC1. The number of nitrogens with two attached hydrogens (primary N) is 1. The molecule has 1 aliphatic rings. The lowest BCUT2D eigenvalue weighted by Crippen LogP contribution is -2.50. The van der Waals surface area contributed by atoms with E-state index >= 15 is 0 Å². The maximum atomic E-state index is 12.0. The quantitative estimate of drug-likeness (QED) is 0.782. The second-order valence-electron chi connectivity index (χ2n) is 5.47. The fraction of sp³-hybridized carbons (Fsp3) is 0.909. The summed E-state index contributed by atoms with van der Waals surface area (Å²) < 4.78 is 31.8. The normalized spacial score (nSPS) is 20.3. The first-order chi connectivity index (χ1) is 8.68. The van der Waals surface area contributed by atoms with Gasteiger partial charge < -0.3 is 10.5 Å². The van der Waals surface area contributed by atoms with Crippen molar-refractivity contribution in [2.24, 2.45) is 11.1 Å². The van der Waals surface area contributed by atoms with Gasteiger partial charge in [0.15, 0.2) is 0 Å². The summed E-state index contributed by atoms with van der Waals surface area (Å²) in [5.41, 5.74) is 5.65. The van der Waals surface area contributed by atoms with E-state index in [0.717, 1.165) is 0 Å². The summed E-state index contributed by atoms with van der Waals surface area (Å²) in [6.07, 6.45) is 0.0621. The number of amides is 1. The number of carbonyl (C=O) groups is 1. The van der Waals surface area contributed by atoms with Crippen LogP contribution in [0.25, 0.3) is 0 Å². The molecule has 0 aliphatic carbocycles. The van der Waals surface area contributed by atoms with Crippen molar-refractivity contribution < 1.29 is 17.9 Å². The maximum absolute atomic E-state index is 12.0. The summed E-state index contributed by atoms with van der Waals surface area (Å²) in [6.45, 7) is 6.59. The van der Waals surface area contributed by atoms with Gasteiger partial charge in [0, 0.05) is 13.1 Å². The number of hydrogen-bond donors (Lipinski definition) is 2. The summed E-state index contributed by atoms with van der Waals surface area (Å²) in [5, 5.41) is 0. The lowest BCUT2D eigenvalue weighted by atomic mass is 9.81. The highest BCUT2D eigenvalue weighted by Crippen LogP contribution is 2.30. The molecule has 0 spiro atoms. The third-order valence-corrected chi connectivity index (χ3v) is 4.79. The summed E-state index contributed by atoms with van der Waals surface area (Å²) in [7, 11) is -3.82. The van der Waals surface area contributed by atoms with Gasteiger partial charge in [0.05, 0.1) is 6.10 Å². The van der Waals surface area contributed by atoms with Crippen molar-refractivity contribution in [1.29, 1.82) is 0 Å². The highest BCUT2D eigenvalue weighted by molar-refractivity contribution is 7.87. The Morgan fingerprint density at radius 1 is 1.42 bits per heavy atom. The zero-order valence-corrected chi connectivity index (χ0v) is 12.5. The molecule has 1 amide bonds. The van der Waals surface area contributed by atoms with Gasteiger partial charge in [-0.15, -0.1) is 0 Å². The lowest BCUT2D eigenvalue weighted by Gasteiger charge is -2.37. The Hall–Kier alpha value is -0.860. The van der Waals surface area contributed by atoms with Gasteiger partial charge in [-0.2, -0.15) is 12.7 Å². The van der Waals surface area contributed by atoms with Gasteiger partial charge in [-0.05, 0) is 38.6 Å². The van der Waals surface area contributed by atoms with Crippen LogP contribution < -0.4 is 10.5 Å². The Kier molecular flexibility index (Phi) is 5.17. The maximum Gasteiger partial charge on any atom is 0.422 e. The second-order valence-corrected chi connectivity index (χ2v) is 7.15. The minimum Gasteiger partial charge on any atom is -0.446 e. The van der Waals surface area contributed by atoms with Crippen molar-refractivity contribution in [3.63, 3.8) is 0 Å². The average molecular weight is 293 g/mol. The van der Waals surface area contributed by atoms with E-state index in [1.165, 1.54) is 4.31 Å². The molecule has 0 atom stereocenters. The van der Waals surface area contributed by atoms with Crippen LogP contribution in [0.15, 0.2) is 0 Å². The van der Waals surface area contributed by atoms with Crippen LogP contribution in [0.1, 0.15) is 33.6 Å². The first-order valence-electron chi connectivity index (χ1n) is 6.37. The summed E-state index contributed by atoms with van der Waals surface area (Å²) in [6, 6.07) is 0. The fourth-order valence-corrected chi connectivity index (χ4v) is 2.93. The molecule has 1 rings (SSSR count). The Morgan fingerprint density at radius 2 is 1.95 bits per heavy atom. The van der Waals surface area contributed by atoms with Crippen LogP contribution in [-0.4, -0.2) is 44.6 Å². The van der Waals surface area contributed by atoms with Crippen LogP contribution in [0.4, 0.5) is 4.79 Å². The Morgan fingerprint density at radius 3 is 2.37 bits per heavy atom. The van der Waals surface area contributed by atoms with Crippen molar-refractivity contribution in [1.82, 2.24) is 9.03 Å². The highest BCUT2D eigenvalue weighted by atomic mass is 32.2. The summed E-state index contributed by atoms with van der Waals surface area (Å²) in [4.78, 5) is 11.3. The van der Waals surface area contributed by atoms with E-state index in [4.69, 9.17) is 10.5 Å². The number of hydrogen-bond acceptors (Lipinski definition) is 5. The largest absolute Gasteiger partial charge is 0.446 e. The van der Waals surface area contributed by atoms with Gasteiger partial charge in [-0.3, -0.25) is 0 Å². The van der Waals surface area contributed by atoms with Crippen LogP contribution in [0.5, 0.6) is 0 Å². The van der Waals surface area contributed by atoms with Gasteiger partial charge in [-0.25, -0.2) is 9.52 Å². The monoisotopic (exact) mass is 293 g/mol. The zero-order valence-electron chi connectivity index (χ0n) is 11.7. The van der Waals surface area contributed by atoms with Crippen molar-refractivity contribution in [2.45, 2.75) is 39.7 Å². The van der Waals surface area contributed by atoms with Gasteiger partial charge in [0.2, 0.25) is 0 Å². The molecule has 19 heavy (non-hydrogen) atoms. The standard InChI is InChI=1S/C11H23N3O4S/c1-9(2)18-10(15)13-19(16,17)14-6-4-11(3,8-12)5-7-14/h9H,4-8,12H2,1-3H3,(H,13,15). The van der Waals surface area contributed by atoms with Crippen LogP contribution in [0, 0.1) is 5.41 Å². The van der Waals surface area contributed by atoms with Gasteiger partial charge >= 0.3 is 16.3 Å². The fourth-order valence-electron chi connectivity index (χ4n) is 1.88. The van der Waals surface area contributed by atoms with Crippen LogP contribution in [-0.2, 0) is 14.9 Å². The molecule has 0 aromatic carbocycles. The molecular formula is C11H23N3O4S. The summed E-state index contributed by atoms with van der Waals surface area (Å²) in [5.74, 6) is 0. The predicted octanol–water partition coefficient (Wildman–Crippen LogP) is 0.427. The molecule has 1 saturated heterocycles. The second kappa shape index (κ2) is 6.06. The van der Waals surface area contributed by atoms with Crippen molar-refractivity contribution >= 4 is 16.3 Å². The molecule has 8 heteroatoms. The molecule has 1 fully saturated rings. The van der Waals surface area contributed by atoms with E-state index in [1.54, 1.807) is 13.8 Å². The number of nitrogens with zero attached hydrogens (tertiary/aromatic N) is 1. The molecule has 3 N–H and O–H groups in total.